The van der Waals surface area contributed by atoms with Crippen LogP contribution in [0.5, 0.6) is 5.75 Å². The smallest absolute Gasteiger partial charge is 0.256 e. The van der Waals surface area contributed by atoms with Gasteiger partial charge in [0.2, 0.25) is 0 Å². The molecule has 72 valence electrons. The molecule has 0 aromatic carbocycles. The third-order valence-corrected chi connectivity index (χ3v) is 1.73. The van der Waals surface area contributed by atoms with Crippen LogP contribution in [0, 0.1) is 6.92 Å². The second-order valence-electron chi connectivity index (χ2n) is 2.76. The molecule has 0 saturated heterocycles. The van der Waals surface area contributed by atoms with Crippen LogP contribution in [0.1, 0.15) is 18.2 Å². The van der Waals surface area contributed by atoms with Crippen molar-refractivity contribution in [3.05, 3.63) is 27.7 Å². The standard InChI is InChI=1S/C9H14N2O2/c1-3-13-8-4-6(2)11-9(12)7(8)5-10/h4H,3,5,10H2,1-2H3,(H,11,12). The molecule has 4 nitrogen and oxygen atoms in total. The number of H-pyrrole nitrogens is 1. The second-order valence-corrected chi connectivity index (χ2v) is 2.76. The van der Waals surface area contributed by atoms with Gasteiger partial charge in [-0.1, -0.05) is 0 Å². The first-order valence-corrected chi connectivity index (χ1v) is 4.24. The highest BCUT2D eigenvalue weighted by Gasteiger charge is 2.06. The number of nitrogens with one attached hydrogen (secondary N) is 1. The topological polar surface area (TPSA) is 68.1 Å². The lowest BCUT2D eigenvalue weighted by atomic mass is 10.2. The summed E-state index contributed by atoms with van der Waals surface area (Å²) in [6, 6.07) is 1.78. The fourth-order valence-corrected chi connectivity index (χ4v) is 1.16. The number of hydrogen-bond donors (Lipinski definition) is 2. The summed E-state index contributed by atoms with van der Waals surface area (Å²) < 4.78 is 5.29. The third-order valence-electron chi connectivity index (χ3n) is 1.73. The van der Waals surface area contributed by atoms with Crippen LogP contribution in [0.15, 0.2) is 10.9 Å². The second kappa shape index (κ2) is 4.09. The summed E-state index contributed by atoms with van der Waals surface area (Å²) in [7, 11) is 0. The van der Waals surface area contributed by atoms with Crippen LogP contribution >= 0.6 is 0 Å². The highest BCUT2D eigenvalue weighted by molar-refractivity contribution is 5.32. The summed E-state index contributed by atoms with van der Waals surface area (Å²) >= 11 is 0. The summed E-state index contributed by atoms with van der Waals surface area (Å²) in [5.74, 6) is 0.589. The molecule has 0 radical (unpaired) electrons. The number of nitrogens with two attached hydrogens (primary N) is 1. The van der Waals surface area contributed by atoms with Gasteiger partial charge in [0.25, 0.3) is 5.56 Å². The molecule has 0 saturated carbocycles. The minimum atomic E-state index is -0.161. The molecule has 0 bridgehead atoms. The van der Waals surface area contributed by atoms with E-state index in [0.29, 0.717) is 17.9 Å². The Morgan fingerprint density at radius 2 is 2.31 bits per heavy atom. The first-order chi connectivity index (χ1) is 6.19. The van der Waals surface area contributed by atoms with Crippen molar-refractivity contribution in [1.29, 1.82) is 0 Å². The monoisotopic (exact) mass is 182 g/mol. The Morgan fingerprint density at radius 1 is 1.62 bits per heavy atom. The van der Waals surface area contributed by atoms with Crippen LogP contribution < -0.4 is 16.0 Å². The Hall–Kier alpha value is -1.29. The van der Waals surface area contributed by atoms with Gasteiger partial charge in [0.05, 0.1) is 12.2 Å². The summed E-state index contributed by atoms with van der Waals surface area (Å²) in [6.07, 6.45) is 0. The summed E-state index contributed by atoms with van der Waals surface area (Å²) in [5.41, 5.74) is 6.56. The van der Waals surface area contributed by atoms with Crippen molar-refractivity contribution in [3.63, 3.8) is 0 Å². The predicted molar refractivity (Wildman–Crippen MR) is 50.9 cm³/mol. The zero-order valence-electron chi connectivity index (χ0n) is 7.89. The van der Waals surface area contributed by atoms with E-state index in [0.717, 1.165) is 5.69 Å². The average molecular weight is 182 g/mol. The molecule has 13 heavy (non-hydrogen) atoms. The quantitative estimate of drug-likeness (QED) is 0.717. The van der Waals surface area contributed by atoms with E-state index < -0.39 is 0 Å². The minimum Gasteiger partial charge on any atom is -0.493 e. The molecule has 0 aliphatic heterocycles. The van der Waals surface area contributed by atoms with E-state index in [4.69, 9.17) is 10.5 Å². The van der Waals surface area contributed by atoms with Gasteiger partial charge in [-0.15, -0.1) is 0 Å². The zero-order valence-corrected chi connectivity index (χ0v) is 7.89. The van der Waals surface area contributed by atoms with Crippen molar-refractivity contribution in [2.45, 2.75) is 20.4 Å². The Bertz CT molecular complexity index is 344. The van der Waals surface area contributed by atoms with Crippen molar-refractivity contribution in [1.82, 2.24) is 4.98 Å². The van der Waals surface area contributed by atoms with Crippen LogP contribution in [-0.4, -0.2) is 11.6 Å². The molecule has 3 N–H and O–H groups in total. The molecule has 1 aromatic rings. The highest BCUT2D eigenvalue weighted by Crippen LogP contribution is 2.14. The van der Waals surface area contributed by atoms with Crippen LogP contribution in [0.4, 0.5) is 0 Å². The van der Waals surface area contributed by atoms with E-state index in [-0.39, 0.29) is 12.1 Å². The SMILES string of the molecule is CCOc1cc(C)[nH]c(=O)c1CN. The number of aromatic nitrogens is 1. The molecule has 0 aliphatic rings. The molecule has 0 unspecified atom stereocenters. The van der Waals surface area contributed by atoms with Crippen molar-refractivity contribution in [2.24, 2.45) is 5.73 Å². The van der Waals surface area contributed by atoms with E-state index in [2.05, 4.69) is 4.98 Å². The molecule has 1 rings (SSSR count). The van der Waals surface area contributed by atoms with Gasteiger partial charge in [0, 0.05) is 12.2 Å². The Kier molecular flexibility index (Phi) is 3.08. The summed E-state index contributed by atoms with van der Waals surface area (Å²) in [5, 5.41) is 0. The van der Waals surface area contributed by atoms with Crippen LogP contribution in [0.3, 0.4) is 0 Å². The van der Waals surface area contributed by atoms with Gasteiger partial charge in [-0.3, -0.25) is 4.79 Å². The summed E-state index contributed by atoms with van der Waals surface area (Å²) in [4.78, 5) is 14.0. The number of aromatic amines is 1. The maximum absolute atomic E-state index is 11.4. The summed E-state index contributed by atoms with van der Waals surface area (Å²) in [6.45, 7) is 4.42. The number of hydrogen-bond acceptors (Lipinski definition) is 3. The average Bonchev–Trinajstić information content (AvgIpc) is 2.04. The fourth-order valence-electron chi connectivity index (χ4n) is 1.16. The first-order valence-electron chi connectivity index (χ1n) is 4.24. The van der Waals surface area contributed by atoms with Gasteiger partial charge in [-0.25, -0.2) is 0 Å². The minimum absolute atomic E-state index is 0.161. The Balaban J connectivity index is 3.21. The molecule has 0 atom stereocenters. The van der Waals surface area contributed by atoms with Gasteiger partial charge in [-0.05, 0) is 19.9 Å². The van der Waals surface area contributed by atoms with E-state index in [9.17, 15) is 4.79 Å². The largest absolute Gasteiger partial charge is 0.493 e. The Morgan fingerprint density at radius 3 is 2.85 bits per heavy atom. The molecule has 0 aliphatic carbocycles. The molecule has 0 fully saturated rings. The molecular weight excluding hydrogens is 168 g/mol. The maximum Gasteiger partial charge on any atom is 0.256 e. The molecule has 4 heteroatoms. The molecular formula is C9H14N2O2. The van der Waals surface area contributed by atoms with E-state index in [1.807, 2.05) is 13.8 Å². The zero-order chi connectivity index (χ0) is 9.84. The number of ether oxygens (including phenoxy) is 1. The van der Waals surface area contributed by atoms with Crippen molar-refractivity contribution in [2.75, 3.05) is 6.61 Å². The number of rotatable bonds is 3. The molecule has 0 spiro atoms. The van der Waals surface area contributed by atoms with Crippen molar-refractivity contribution >= 4 is 0 Å². The molecule has 1 aromatic heterocycles. The van der Waals surface area contributed by atoms with Gasteiger partial charge < -0.3 is 15.5 Å². The van der Waals surface area contributed by atoms with Gasteiger partial charge in [0.1, 0.15) is 5.75 Å². The maximum atomic E-state index is 11.4. The van der Waals surface area contributed by atoms with E-state index in [1.165, 1.54) is 0 Å². The number of aryl methyl sites for hydroxylation is 1. The number of pyridine rings is 1. The van der Waals surface area contributed by atoms with Crippen molar-refractivity contribution < 1.29 is 4.74 Å². The van der Waals surface area contributed by atoms with E-state index in [1.54, 1.807) is 6.07 Å². The lowest BCUT2D eigenvalue weighted by molar-refractivity contribution is 0.335. The third kappa shape index (κ3) is 2.09. The van der Waals surface area contributed by atoms with Crippen LogP contribution in [-0.2, 0) is 6.54 Å². The fraction of sp³-hybridized carbons (Fsp3) is 0.444. The molecule has 0 amide bonds. The van der Waals surface area contributed by atoms with Gasteiger partial charge in [0.15, 0.2) is 0 Å². The van der Waals surface area contributed by atoms with Crippen LogP contribution in [0.25, 0.3) is 0 Å². The molecule has 1 heterocycles. The van der Waals surface area contributed by atoms with E-state index >= 15 is 0 Å². The Labute approximate surface area is 76.7 Å². The lowest BCUT2D eigenvalue weighted by Gasteiger charge is -2.08. The lowest BCUT2D eigenvalue weighted by Crippen LogP contribution is -2.18. The highest BCUT2D eigenvalue weighted by atomic mass is 16.5. The first kappa shape index (κ1) is 9.80. The van der Waals surface area contributed by atoms with Gasteiger partial charge in [-0.2, -0.15) is 0 Å². The van der Waals surface area contributed by atoms with Crippen LogP contribution in [0.2, 0.25) is 0 Å². The predicted octanol–water partition coefficient (Wildman–Crippen LogP) is 0.541. The van der Waals surface area contributed by atoms with Crippen molar-refractivity contribution in [3.8, 4) is 5.75 Å². The normalized spacial score (nSPS) is 10.1. The van der Waals surface area contributed by atoms with Gasteiger partial charge >= 0.3 is 0 Å².